The zero-order chi connectivity index (χ0) is 36.7. The quantitative estimate of drug-likeness (QED) is 0.158. The monoisotopic (exact) mass is 716 g/mol. The molecule has 0 radical (unpaired) electrons. The molecule has 10 aromatic rings. The molecule has 0 unspecified atom stereocenters. The van der Waals surface area contributed by atoms with E-state index in [0.717, 1.165) is 12.8 Å². The molecule has 0 saturated heterocycles. The lowest BCUT2D eigenvalue weighted by Gasteiger charge is -2.30. The van der Waals surface area contributed by atoms with Gasteiger partial charge in [0.25, 0.3) is 0 Å². The Kier molecular flexibility index (Phi) is 7.04. The Morgan fingerprint density at radius 1 is 0.286 bits per heavy atom. The van der Waals surface area contributed by atoms with Gasteiger partial charge < -0.3 is 9.80 Å². The minimum absolute atomic E-state index is 1.14. The fourth-order valence-electron chi connectivity index (χ4n) is 10.2. The highest BCUT2D eigenvalue weighted by Gasteiger charge is 2.25. The minimum atomic E-state index is 1.14. The van der Waals surface area contributed by atoms with Gasteiger partial charge in [0.15, 0.2) is 0 Å². The van der Waals surface area contributed by atoms with Crippen LogP contribution in [0.25, 0.3) is 53.9 Å². The molecule has 0 atom stereocenters. The summed E-state index contributed by atoms with van der Waals surface area (Å²) in [5, 5.41) is 12.7. The lowest BCUT2D eigenvalue weighted by Crippen LogP contribution is -2.12. The van der Waals surface area contributed by atoms with Crippen LogP contribution in [-0.4, -0.2) is 0 Å². The summed E-state index contributed by atoms with van der Waals surface area (Å²) < 4.78 is 0. The van der Waals surface area contributed by atoms with Gasteiger partial charge in [0.1, 0.15) is 0 Å². The predicted molar refractivity (Wildman–Crippen MR) is 239 cm³/mol. The first-order chi connectivity index (χ1) is 27.8. The average molecular weight is 717 g/mol. The van der Waals surface area contributed by atoms with Crippen LogP contribution in [0.4, 0.5) is 34.1 Å². The maximum atomic E-state index is 2.53. The van der Waals surface area contributed by atoms with Gasteiger partial charge in [-0.3, -0.25) is 0 Å². The van der Waals surface area contributed by atoms with Crippen molar-refractivity contribution in [2.24, 2.45) is 0 Å². The molecule has 12 rings (SSSR count). The molecule has 0 fully saturated rings. The molecule has 2 aliphatic rings. The Hall–Kier alpha value is -6.64. The first-order valence-corrected chi connectivity index (χ1v) is 20.3. The fourth-order valence-corrected chi connectivity index (χ4v) is 10.2. The van der Waals surface area contributed by atoms with E-state index in [9.17, 15) is 0 Å². The third kappa shape index (κ3) is 4.82. The standard InChI is InChI=1S/C54H40N2/c1-3-17-45-37(9-1)13-7-19-49(45)55(43-27-21-35-11-5-15-41(35)33-43)51-31-25-39-24-30-48-52(32-26-40-23-29-47(51)53(39)54(40)48)56(44-28-22-36-12-6-16-42(36)34-44)50-20-8-14-38-10-2-4-18-46(38)50/h1-4,7-10,13-14,17-34H,5-6,11-12,15-16H2. The van der Waals surface area contributed by atoms with Gasteiger partial charge in [-0.05, 0) is 142 Å². The topological polar surface area (TPSA) is 6.48 Å². The normalized spacial score (nSPS) is 13.6. The van der Waals surface area contributed by atoms with E-state index in [1.807, 2.05) is 0 Å². The van der Waals surface area contributed by atoms with Crippen molar-refractivity contribution >= 4 is 88.0 Å². The van der Waals surface area contributed by atoms with E-state index in [2.05, 4.69) is 180 Å². The number of aryl methyl sites for hydroxylation is 4. The number of anilines is 6. The van der Waals surface area contributed by atoms with Crippen molar-refractivity contribution in [2.75, 3.05) is 9.80 Å². The smallest absolute Gasteiger partial charge is 0.0540 e. The lowest BCUT2D eigenvalue weighted by atomic mass is 9.91. The van der Waals surface area contributed by atoms with E-state index in [1.54, 1.807) is 0 Å². The molecule has 0 heterocycles. The van der Waals surface area contributed by atoms with Crippen molar-refractivity contribution in [3.05, 3.63) is 192 Å². The Morgan fingerprint density at radius 2 is 0.696 bits per heavy atom. The molecular weight excluding hydrogens is 677 g/mol. The van der Waals surface area contributed by atoms with E-state index < -0.39 is 0 Å². The Labute approximate surface area is 327 Å². The first kappa shape index (κ1) is 31.7. The number of hydrogen-bond acceptors (Lipinski definition) is 2. The highest BCUT2D eigenvalue weighted by atomic mass is 15.2. The average Bonchev–Trinajstić information content (AvgIpc) is 3.94. The third-order valence-corrected chi connectivity index (χ3v) is 12.8. The molecule has 0 saturated carbocycles. The molecule has 2 aliphatic carbocycles. The predicted octanol–water partition coefficient (Wildman–Crippen LogP) is 14.8. The van der Waals surface area contributed by atoms with E-state index in [-0.39, 0.29) is 0 Å². The summed E-state index contributed by atoms with van der Waals surface area (Å²) >= 11 is 0. The molecule has 2 heteroatoms. The summed E-state index contributed by atoms with van der Waals surface area (Å²) in [6, 6.07) is 64.3. The van der Waals surface area contributed by atoms with Crippen molar-refractivity contribution in [2.45, 2.75) is 38.5 Å². The Balaban J connectivity index is 1.13. The SMILES string of the molecule is c1ccc2c(N(c3ccc4c(c3)CCC4)c3ccc4ccc5c(N(c6ccc7c(c6)CCC7)c6cccc7ccccc67)ccc6ccc3c4c65)cccc2c1. The second kappa shape index (κ2) is 12.4. The Bertz CT molecular complexity index is 2950. The second-order valence-electron chi connectivity index (χ2n) is 15.9. The van der Waals surface area contributed by atoms with Crippen LogP contribution in [0.15, 0.2) is 170 Å². The third-order valence-electron chi connectivity index (χ3n) is 12.8. The molecular formula is C54H40N2. The molecule has 0 aromatic heterocycles. The summed E-state index contributed by atoms with van der Waals surface area (Å²) in [6.07, 6.45) is 7.10. The van der Waals surface area contributed by atoms with Gasteiger partial charge in [0.2, 0.25) is 0 Å². The van der Waals surface area contributed by atoms with Crippen LogP contribution in [0, 0.1) is 0 Å². The van der Waals surface area contributed by atoms with Crippen LogP contribution < -0.4 is 9.80 Å². The molecule has 0 N–H and O–H groups in total. The number of fused-ring (bicyclic) bond motifs is 4. The fraction of sp³-hybridized carbons (Fsp3) is 0.111. The molecule has 0 amide bonds. The van der Waals surface area contributed by atoms with Crippen molar-refractivity contribution in [3.63, 3.8) is 0 Å². The zero-order valence-corrected chi connectivity index (χ0v) is 31.3. The largest absolute Gasteiger partial charge is 0.309 e. The van der Waals surface area contributed by atoms with Gasteiger partial charge in [0.05, 0.1) is 22.7 Å². The van der Waals surface area contributed by atoms with E-state index in [0.29, 0.717) is 0 Å². The van der Waals surface area contributed by atoms with Crippen LogP contribution in [0.3, 0.4) is 0 Å². The molecule has 0 spiro atoms. The maximum Gasteiger partial charge on any atom is 0.0540 e. The summed E-state index contributed by atoms with van der Waals surface area (Å²) in [5.74, 6) is 0. The van der Waals surface area contributed by atoms with Crippen molar-refractivity contribution < 1.29 is 0 Å². The molecule has 266 valence electrons. The van der Waals surface area contributed by atoms with Crippen molar-refractivity contribution in [3.8, 4) is 0 Å². The van der Waals surface area contributed by atoms with Crippen molar-refractivity contribution in [1.29, 1.82) is 0 Å². The minimum Gasteiger partial charge on any atom is -0.309 e. The van der Waals surface area contributed by atoms with E-state index >= 15 is 0 Å². The molecule has 56 heavy (non-hydrogen) atoms. The first-order valence-electron chi connectivity index (χ1n) is 20.3. The van der Waals surface area contributed by atoms with Crippen LogP contribution in [0.1, 0.15) is 35.1 Å². The Morgan fingerprint density at radius 3 is 1.20 bits per heavy atom. The van der Waals surface area contributed by atoms with Gasteiger partial charge in [-0.1, -0.05) is 121 Å². The molecule has 2 nitrogen and oxygen atoms in total. The van der Waals surface area contributed by atoms with Gasteiger partial charge in [0, 0.05) is 32.9 Å². The molecule has 0 bridgehead atoms. The molecule has 0 aliphatic heterocycles. The summed E-state index contributed by atoms with van der Waals surface area (Å²) in [6.45, 7) is 0. The molecule has 10 aromatic carbocycles. The van der Waals surface area contributed by atoms with Crippen LogP contribution >= 0.6 is 0 Å². The van der Waals surface area contributed by atoms with E-state index in [4.69, 9.17) is 0 Å². The van der Waals surface area contributed by atoms with E-state index in [1.165, 1.54) is 136 Å². The highest BCUT2D eigenvalue weighted by Crippen LogP contribution is 2.49. The summed E-state index contributed by atoms with van der Waals surface area (Å²) in [7, 11) is 0. The maximum absolute atomic E-state index is 2.53. The van der Waals surface area contributed by atoms with Gasteiger partial charge in [-0.25, -0.2) is 0 Å². The van der Waals surface area contributed by atoms with Crippen molar-refractivity contribution in [1.82, 2.24) is 0 Å². The zero-order valence-electron chi connectivity index (χ0n) is 31.3. The van der Waals surface area contributed by atoms with Gasteiger partial charge in [-0.15, -0.1) is 0 Å². The van der Waals surface area contributed by atoms with Gasteiger partial charge >= 0.3 is 0 Å². The number of rotatable bonds is 6. The summed E-state index contributed by atoms with van der Waals surface area (Å²) in [4.78, 5) is 5.06. The van der Waals surface area contributed by atoms with Crippen LogP contribution in [0.5, 0.6) is 0 Å². The van der Waals surface area contributed by atoms with Crippen LogP contribution in [0.2, 0.25) is 0 Å². The second-order valence-corrected chi connectivity index (χ2v) is 15.9. The lowest BCUT2D eigenvalue weighted by molar-refractivity contribution is 0.912. The highest BCUT2D eigenvalue weighted by molar-refractivity contribution is 6.28. The summed E-state index contributed by atoms with van der Waals surface area (Å²) in [5.41, 5.74) is 13.2. The van der Waals surface area contributed by atoms with Crippen LogP contribution in [-0.2, 0) is 25.7 Å². The van der Waals surface area contributed by atoms with Gasteiger partial charge in [-0.2, -0.15) is 0 Å². The number of benzene rings is 10. The number of nitrogens with zero attached hydrogens (tertiary/aromatic N) is 2. The number of hydrogen-bond donors (Lipinski definition) is 0.